The third-order valence-electron chi connectivity index (χ3n) is 8.06. The van der Waals surface area contributed by atoms with Crippen molar-refractivity contribution in [3.8, 4) is 0 Å². The van der Waals surface area contributed by atoms with E-state index in [0.29, 0.717) is 50.3 Å². The number of halogens is 8. The first-order chi connectivity index (χ1) is 19.1. The highest BCUT2D eigenvalue weighted by molar-refractivity contribution is 6.30. The molecule has 2 heterocycles. The monoisotopic (exact) mass is 607 g/mol. The maximum Gasteiger partial charge on any atom is 0.416 e. The van der Waals surface area contributed by atoms with E-state index in [1.807, 2.05) is 0 Å². The maximum atomic E-state index is 14.0. The average Bonchev–Trinajstić information content (AvgIpc) is 2.92. The van der Waals surface area contributed by atoms with E-state index in [9.17, 15) is 40.3 Å². The number of benzene rings is 2. The van der Waals surface area contributed by atoms with Crippen LogP contribution < -0.4 is 0 Å². The van der Waals surface area contributed by atoms with E-state index >= 15 is 0 Å². The number of nitrogens with zero attached hydrogens (tertiary/aromatic N) is 3. The van der Waals surface area contributed by atoms with Gasteiger partial charge in [-0.3, -0.25) is 14.5 Å². The first-order valence-electron chi connectivity index (χ1n) is 13.1. The molecule has 2 fully saturated rings. The molecule has 41 heavy (non-hydrogen) atoms. The van der Waals surface area contributed by atoms with Crippen molar-refractivity contribution in [3.63, 3.8) is 0 Å². The number of amides is 2. The second kappa shape index (κ2) is 11.8. The number of likely N-dealkylation sites (tertiary alicyclic amines) is 2. The SMILES string of the molecule is CC(=O)N1CCC(N2CCC(N(C)C(=O)c3cc(C(F)(F)F)cc(C(F)(F)F)c3)C(c3ccc(F)c(Cl)c3)C2)CC1. The van der Waals surface area contributed by atoms with Crippen molar-refractivity contribution < 1.29 is 40.3 Å². The Hall–Kier alpha value is -2.86. The molecule has 2 aromatic carbocycles. The molecule has 2 amide bonds. The molecule has 0 saturated carbocycles. The summed E-state index contributed by atoms with van der Waals surface area (Å²) >= 11 is 6.05. The van der Waals surface area contributed by atoms with Crippen molar-refractivity contribution in [3.05, 3.63) is 69.5 Å². The van der Waals surface area contributed by atoms with Crippen LogP contribution >= 0.6 is 11.6 Å². The van der Waals surface area contributed by atoms with E-state index in [2.05, 4.69) is 4.90 Å². The Kier molecular flexibility index (Phi) is 8.94. The lowest BCUT2D eigenvalue weighted by molar-refractivity contribution is -0.143. The fourth-order valence-corrected chi connectivity index (χ4v) is 6.00. The van der Waals surface area contributed by atoms with E-state index < -0.39 is 52.7 Å². The zero-order valence-electron chi connectivity index (χ0n) is 22.3. The summed E-state index contributed by atoms with van der Waals surface area (Å²) in [5.74, 6) is -2.11. The van der Waals surface area contributed by atoms with Gasteiger partial charge in [0.15, 0.2) is 0 Å². The number of likely N-dealkylation sites (N-methyl/N-ethyl adjacent to an activating group) is 1. The van der Waals surface area contributed by atoms with Gasteiger partial charge in [0.05, 0.1) is 16.1 Å². The molecule has 224 valence electrons. The van der Waals surface area contributed by atoms with Crippen LogP contribution in [0.25, 0.3) is 0 Å². The molecule has 0 N–H and O–H groups in total. The van der Waals surface area contributed by atoms with Crippen LogP contribution in [0.4, 0.5) is 30.7 Å². The smallest absolute Gasteiger partial charge is 0.343 e. The molecular formula is C28H29ClF7N3O2. The number of piperidine rings is 2. The molecular weight excluding hydrogens is 579 g/mol. The molecule has 0 radical (unpaired) electrons. The van der Waals surface area contributed by atoms with Gasteiger partial charge in [0.1, 0.15) is 5.82 Å². The van der Waals surface area contributed by atoms with E-state index in [1.54, 1.807) is 4.90 Å². The van der Waals surface area contributed by atoms with Gasteiger partial charge in [0.2, 0.25) is 5.91 Å². The Bertz CT molecular complexity index is 1260. The lowest BCUT2D eigenvalue weighted by atomic mass is 9.83. The molecule has 2 aromatic rings. The maximum absolute atomic E-state index is 14.0. The van der Waals surface area contributed by atoms with Gasteiger partial charge in [0.25, 0.3) is 5.91 Å². The third-order valence-corrected chi connectivity index (χ3v) is 8.35. The largest absolute Gasteiger partial charge is 0.416 e. The van der Waals surface area contributed by atoms with Gasteiger partial charge in [0, 0.05) is 63.7 Å². The van der Waals surface area contributed by atoms with Crippen LogP contribution in [0.1, 0.15) is 59.2 Å². The minimum absolute atomic E-state index is 0.00982. The van der Waals surface area contributed by atoms with Gasteiger partial charge < -0.3 is 9.80 Å². The molecule has 2 aliphatic rings. The Labute approximate surface area is 237 Å². The summed E-state index contributed by atoms with van der Waals surface area (Å²) in [5, 5.41) is -0.144. The van der Waals surface area contributed by atoms with Crippen molar-refractivity contribution in [1.29, 1.82) is 0 Å². The van der Waals surface area contributed by atoms with Crippen molar-refractivity contribution in [1.82, 2.24) is 14.7 Å². The summed E-state index contributed by atoms with van der Waals surface area (Å²) in [4.78, 5) is 30.3. The van der Waals surface area contributed by atoms with E-state index in [1.165, 1.54) is 37.1 Å². The molecule has 0 spiro atoms. The van der Waals surface area contributed by atoms with Gasteiger partial charge in [-0.2, -0.15) is 26.3 Å². The number of alkyl halides is 6. The first-order valence-corrected chi connectivity index (χ1v) is 13.4. The lowest BCUT2D eigenvalue weighted by Gasteiger charge is -2.47. The van der Waals surface area contributed by atoms with Crippen LogP contribution in [0.15, 0.2) is 36.4 Å². The van der Waals surface area contributed by atoms with Crippen LogP contribution in [-0.2, 0) is 17.1 Å². The summed E-state index contributed by atoms with van der Waals surface area (Å²) in [5.41, 5.74) is -3.29. The fourth-order valence-electron chi connectivity index (χ4n) is 5.81. The molecule has 2 aliphatic heterocycles. The molecule has 2 saturated heterocycles. The Morgan fingerprint density at radius 1 is 0.902 bits per heavy atom. The number of rotatable bonds is 4. The quantitative estimate of drug-likeness (QED) is 0.375. The van der Waals surface area contributed by atoms with Crippen LogP contribution in [0.2, 0.25) is 5.02 Å². The highest BCUT2D eigenvalue weighted by atomic mass is 35.5. The van der Waals surface area contributed by atoms with Crippen molar-refractivity contribution in [2.45, 2.75) is 56.5 Å². The minimum atomic E-state index is -5.09. The molecule has 2 atom stereocenters. The molecule has 0 bridgehead atoms. The summed E-state index contributed by atoms with van der Waals surface area (Å²) < 4.78 is 94.6. The van der Waals surface area contributed by atoms with E-state index in [4.69, 9.17) is 11.6 Å². The Balaban J connectivity index is 1.64. The highest BCUT2D eigenvalue weighted by Crippen LogP contribution is 2.38. The molecule has 0 aliphatic carbocycles. The van der Waals surface area contributed by atoms with Gasteiger partial charge in [-0.25, -0.2) is 4.39 Å². The normalized spacial score (nSPS) is 21.2. The topological polar surface area (TPSA) is 43.9 Å². The standard InChI is InChI=1S/C28H29ClF7N3O2/c1-16(40)38-8-5-21(6-9-38)39-10-7-25(22(15-39)17-3-4-24(30)23(29)13-17)37(2)26(41)18-11-19(27(31,32)33)14-20(12-18)28(34,35)36/h3-4,11-14,21-22,25H,5-10,15H2,1-2H3. The van der Waals surface area contributed by atoms with Crippen LogP contribution in [0.3, 0.4) is 0 Å². The van der Waals surface area contributed by atoms with Crippen LogP contribution in [0, 0.1) is 5.82 Å². The van der Waals surface area contributed by atoms with E-state index in [-0.39, 0.29) is 23.0 Å². The second-order valence-corrected chi connectivity index (χ2v) is 11.0. The predicted molar refractivity (Wildman–Crippen MR) is 138 cm³/mol. The highest BCUT2D eigenvalue weighted by Gasteiger charge is 2.41. The van der Waals surface area contributed by atoms with Gasteiger partial charge in [-0.1, -0.05) is 17.7 Å². The van der Waals surface area contributed by atoms with Gasteiger partial charge >= 0.3 is 12.4 Å². The summed E-state index contributed by atoms with van der Waals surface area (Å²) in [7, 11) is 1.35. The Morgan fingerprint density at radius 3 is 2.00 bits per heavy atom. The van der Waals surface area contributed by atoms with Gasteiger partial charge in [-0.15, -0.1) is 0 Å². The second-order valence-electron chi connectivity index (χ2n) is 10.6. The zero-order chi connectivity index (χ0) is 30.3. The minimum Gasteiger partial charge on any atom is -0.343 e. The van der Waals surface area contributed by atoms with Crippen molar-refractivity contribution >= 4 is 23.4 Å². The van der Waals surface area contributed by atoms with Crippen LogP contribution in [-0.4, -0.2) is 71.8 Å². The lowest BCUT2D eigenvalue weighted by Crippen LogP contribution is -2.55. The first kappa shape index (κ1) is 31.1. The molecule has 2 unspecified atom stereocenters. The van der Waals surface area contributed by atoms with Crippen molar-refractivity contribution in [2.75, 3.05) is 33.2 Å². The third kappa shape index (κ3) is 6.97. The summed E-state index contributed by atoms with van der Waals surface area (Å²) in [6, 6.07) is 4.47. The van der Waals surface area contributed by atoms with Crippen molar-refractivity contribution in [2.24, 2.45) is 0 Å². The molecule has 13 heteroatoms. The Morgan fingerprint density at radius 2 is 1.49 bits per heavy atom. The van der Waals surface area contributed by atoms with E-state index in [0.717, 1.165) is 12.8 Å². The molecule has 0 aromatic heterocycles. The van der Waals surface area contributed by atoms with Crippen LogP contribution in [0.5, 0.6) is 0 Å². The average molecular weight is 608 g/mol. The fraction of sp³-hybridized carbons (Fsp3) is 0.500. The summed E-state index contributed by atoms with van der Waals surface area (Å²) in [6.07, 6.45) is -8.38. The van der Waals surface area contributed by atoms with Gasteiger partial charge in [-0.05, 0) is 55.2 Å². The molecule has 5 nitrogen and oxygen atoms in total. The number of hydrogen-bond donors (Lipinski definition) is 0. The number of carbonyl (C=O) groups is 2. The number of carbonyl (C=O) groups excluding carboxylic acids is 2. The zero-order valence-corrected chi connectivity index (χ0v) is 23.1. The number of hydrogen-bond acceptors (Lipinski definition) is 3. The predicted octanol–water partition coefficient (Wildman–Crippen LogP) is 6.46. The summed E-state index contributed by atoms with van der Waals surface area (Å²) in [6.45, 7) is 3.58. The molecule has 4 rings (SSSR count).